The molecule has 0 spiro atoms. The molecule has 11 nitrogen and oxygen atoms in total. The third-order valence-electron chi connectivity index (χ3n) is 10.6. The number of aromatic nitrogens is 2. The smallest absolute Gasteiger partial charge is 0.389 e. The van der Waals surface area contributed by atoms with Gasteiger partial charge in [-0.15, -0.1) is 22.7 Å². The summed E-state index contributed by atoms with van der Waals surface area (Å²) in [6.45, 7) is -3.55. The number of amides is 1. The van der Waals surface area contributed by atoms with Crippen LogP contribution in [0, 0.1) is 0 Å². The maximum Gasteiger partial charge on any atom is 0.737 e. The first kappa shape index (κ1) is 47.8. The number of rotatable bonds is 25. The lowest BCUT2D eigenvalue weighted by molar-refractivity contribution is -0.870. The van der Waals surface area contributed by atoms with Gasteiger partial charge in [-0.25, -0.2) is 4.98 Å². The first-order chi connectivity index (χ1) is 29.5. The van der Waals surface area contributed by atoms with E-state index in [4.69, 9.17) is 0 Å². The van der Waals surface area contributed by atoms with Gasteiger partial charge >= 0.3 is 6.97 Å². The third kappa shape index (κ3) is 12.9. The molecular formula is C43H53BF2N5O6S5+. The second kappa shape index (κ2) is 21.3. The van der Waals surface area contributed by atoms with E-state index in [2.05, 4.69) is 31.4 Å². The van der Waals surface area contributed by atoms with Crippen LogP contribution in [0.2, 0.25) is 0 Å². The maximum absolute atomic E-state index is 17.3. The highest BCUT2D eigenvalue weighted by atomic mass is 33.1. The zero-order valence-electron chi connectivity index (χ0n) is 35.1. The number of carbonyl (C=O) groups excluding carboxylic acids is 3. The van der Waals surface area contributed by atoms with Crippen molar-refractivity contribution in [1.82, 2.24) is 14.8 Å². The fourth-order valence-electron chi connectivity index (χ4n) is 7.66. The van der Waals surface area contributed by atoms with E-state index in [0.717, 1.165) is 49.6 Å². The zero-order chi connectivity index (χ0) is 44.5. The summed E-state index contributed by atoms with van der Waals surface area (Å²) in [5, 5.41) is 7.12. The van der Waals surface area contributed by atoms with Gasteiger partial charge in [0, 0.05) is 78.0 Å². The molecule has 1 amide bonds. The summed E-state index contributed by atoms with van der Waals surface area (Å²) in [7, 11) is 4.86. The predicted octanol–water partition coefficient (Wildman–Crippen LogP) is 8.79. The lowest BCUT2D eigenvalue weighted by Crippen LogP contribution is -2.50. The second-order valence-electron chi connectivity index (χ2n) is 16.5. The number of allylic oxidation sites excluding steroid dienone is 2. The molecule has 0 fully saturated rings. The number of pyridine rings is 1. The zero-order valence-corrected chi connectivity index (χ0v) is 39.2. The van der Waals surface area contributed by atoms with Gasteiger partial charge in [0.25, 0.3) is 10.1 Å². The molecule has 0 radical (unpaired) electrons. The molecule has 0 saturated carbocycles. The molecule has 6 heterocycles. The van der Waals surface area contributed by atoms with Crippen molar-refractivity contribution in [2.24, 2.45) is 0 Å². The fourth-order valence-corrected chi connectivity index (χ4v) is 11.8. The molecular weight excluding hydrogens is 892 g/mol. The van der Waals surface area contributed by atoms with Crippen LogP contribution in [0.1, 0.15) is 80.3 Å². The number of Topliss-reactive ketones (excluding diaryl/α,β-unsaturated/α-hetero) is 2. The number of thiophene rings is 2. The molecule has 1 unspecified atom stereocenters. The Morgan fingerprint density at radius 3 is 2.32 bits per heavy atom. The predicted molar refractivity (Wildman–Crippen MR) is 250 cm³/mol. The molecule has 2 aliphatic heterocycles. The van der Waals surface area contributed by atoms with Crippen LogP contribution in [-0.2, 0) is 30.9 Å². The Morgan fingerprint density at radius 1 is 0.919 bits per heavy atom. The van der Waals surface area contributed by atoms with Gasteiger partial charge in [-0.2, -0.15) is 8.42 Å². The number of quaternary nitrogens is 1. The first-order valence-corrected chi connectivity index (χ1v) is 26.4. The van der Waals surface area contributed by atoms with Crippen molar-refractivity contribution in [1.29, 1.82) is 0 Å². The summed E-state index contributed by atoms with van der Waals surface area (Å²) < 4.78 is 71.2. The van der Waals surface area contributed by atoms with Gasteiger partial charge in [0.1, 0.15) is 22.6 Å². The minimum Gasteiger partial charge on any atom is -0.389 e. The highest BCUT2D eigenvalue weighted by molar-refractivity contribution is 8.76. The molecule has 1 atom stereocenters. The first-order valence-electron chi connectivity index (χ1n) is 20.7. The average Bonchev–Trinajstić information content (AvgIpc) is 4.04. The van der Waals surface area contributed by atoms with E-state index in [1.54, 1.807) is 52.1 Å². The Hall–Kier alpha value is -3.72. The van der Waals surface area contributed by atoms with E-state index in [0.29, 0.717) is 71.8 Å². The van der Waals surface area contributed by atoms with Crippen LogP contribution in [0.15, 0.2) is 87.9 Å². The van der Waals surface area contributed by atoms with Crippen LogP contribution >= 0.6 is 44.3 Å². The van der Waals surface area contributed by atoms with Gasteiger partial charge in [0.2, 0.25) is 5.91 Å². The monoisotopic (exact) mass is 944 g/mol. The number of nitrogens with one attached hydrogen (secondary N) is 1. The quantitative estimate of drug-likeness (QED) is 0.0220. The standard InChI is InChI=1S/C43H52BF2N5O6S5/c1-51(2,3)23-9-13-31-27-37(40-17-11-24-58-40)49-35(31)29-36-32(28-38(41-18-12-25-59-41)50(36)44(49,45)46)20-21-42(54)48-34(30-62(55,56)57)39(53)16-6-4-5-14-33(52)15-10-26-60-61-43-19-7-8-22-47-43/h7-8,11-12,17-19,22,24-25,27-29,34H,4-6,9-10,13-16,20-21,23,26,30H2,1-3H3,(H-,48,54,55,56,57)/p+1. The van der Waals surface area contributed by atoms with E-state index in [1.807, 2.05) is 47.2 Å². The van der Waals surface area contributed by atoms with Gasteiger partial charge in [-0.3, -0.25) is 18.9 Å². The van der Waals surface area contributed by atoms with Gasteiger partial charge in [0.05, 0.1) is 32.6 Å². The number of aryl methyl sites for hydroxylation is 1. The number of hydrogen-bond acceptors (Lipinski definition) is 10. The minimum absolute atomic E-state index is 0.0348. The maximum atomic E-state index is 17.3. The Balaban J connectivity index is 1.09. The van der Waals surface area contributed by atoms with E-state index >= 15 is 8.63 Å². The summed E-state index contributed by atoms with van der Waals surface area (Å²) in [6, 6.07) is 13.4. The molecule has 4 aromatic heterocycles. The van der Waals surface area contributed by atoms with Gasteiger partial charge in [-0.05, 0) is 89.6 Å². The van der Waals surface area contributed by atoms with Crippen molar-refractivity contribution < 1.29 is 45.0 Å². The van der Waals surface area contributed by atoms with Crippen LogP contribution in [-0.4, -0.2) is 107 Å². The van der Waals surface area contributed by atoms with Crippen molar-refractivity contribution in [3.8, 4) is 10.6 Å². The van der Waals surface area contributed by atoms with Gasteiger partial charge < -0.3 is 27.4 Å². The van der Waals surface area contributed by atoms with E-state index < -0.39 is 40.6 Å². The van der Waals surface area contributed by atoms with Gasteiger partial charge in [0.15, 0.2) is 17.2 Å². The Bertz CT molecular complexity index is 2410. The van der Waals surface area contributed by atoms with Crippen LogP contribution < -0.4 is 5.32 Å². The number of fused-ring (bicyclic) bond motifs is 2. The molecule has 332 valence electrons. The number of unbranched alkanes of at least 4 members (excludes halogenated alkanes) is 2. The summed E-state index contributed by atoms with van der Waals surface area (Å²) in [4.78, 5) is 44.7. The number of ketones is 2. The van der Waals surface area contributed by atoms with Crippen molar-refractivity contribution in [2.75, 3.05) is 39.2 Å². The van der Waals surface area contributed by atoms with Crippen molar-refractivity contribution >= 4 is 90.6 Å². The summed E-state index contributed by atoms with van der Waals surface area (Å²) in [5.74, 6) is -1.24. The van der Waals surface area contributed by atoms with E-state index in [-0.39, 0.29) is 25.0 Å². The largest absolute Gasteiger partial charge is 0.737 e. The molecule has 62 heavy (non-hydrogen) atoms. The lowest BCUT2D eigenvalue weighted by Gasteiger charge is -2.31. The Morgan fingerprint density at radius 2 is 1.65 bits per heavy atom. The summed E-state index contributed by atoms with van der Waals surface area (Å²) in [6.07, 6.45) is 9.47. The summed E-state index contributed by atoms with van der Waals surface area (Å²) >= 11 is 2.74. The molecule has 0 aromatic carbocycles. The van der Waals surface area contributed by atoms with Crippen LogP contribution in [0.5, 0.6) is 0 Å². The minimum atomic E-state index is -4.64. The second-order valence-corrected chi connectivity index (χ2v) is 22.4. The molecule has 0 aliphatic carbocycles. The van der Waals surface area contributed by atoms with Crippen molar-refractivity contribution in [3.05, 3.63) is 99.0 Å². The number of halogens is 2. The van der Waals surface area contributed by atoms with Crippen LogP contribution in [0.4, 0.5) is 8.63 Å². The number of carbonyl (C=O) groups is 3. The Kier molecular flexibility index (Phi) is 16.4. The normalized spacial score (nSPS) is 15.2. The Labute approximate surface area is 378 Å². The van der Waals surface area contributed by atoms with Crippen LogP contribution in [0.3, 0.4) is 0 Å². The molecule has 0 bridgehead atoms. The summed E-state index contributed by atoms with van der Waals surface area (Å²) in [5.41, 5.74) is 2.84. The highest BCUT2D eigenvalue weighted by Crippen LogP contribution is 2.43. The van der Waals surface area contributed by atoms with Crippen LogP contribution in [0.25, 0.3) is 16.6 Å². The molecule has 6 rings (SSSR count). The molecule has 19 heteroatoms. The number of hydrogen-bond donors (Lipinski definition) is 2. The molecule has 2 aliphatic rings. The van der Waals surface area contributed by atoms with Crippen molar-refractivity contribution in [3.63, 3.8) is 0 Å². The SMILES string of the molecule is C[N+](C)(C)CCCc1cc(-c2cccs2)n2c1C=C1C(CCC(=O)NC(CS(=O)(=O)O)C(=O)CCCCCC(=O)CCCSSc3ccccn3)=CC(c3cccs3)=[N+]1[B-]2(F)F. The fraction of sp³-hybridized carbons (Fsp3) is 0.419. The van der Waals surface area contributed by atoms with E-state index in [1.165, 1.54) is 27.2 Å². The average molecular weight is 945 g/mol. The third-order valence-corrected chi connectivity index (χ3v) is 15.5. The van der Waals surface area contributed by atoms with Crippen molar-refractivity contribution in [2.45, 2.75) is 81.7 Å². The topological polar surface area (TPSA) is 138 Å². The van der Waals surface area contributed by atoms with E-state index in [9.17, 15) is 27.4 Å². The molecule has 4 aromatic rings. The lowest BCUT2D eigenvalue weighted by atomic mass is 9.88. The highest BCUT2D eigenvalue weighted by Gasteiger charge is 2.55. The molecule has 2 N–H and O–H groups in total. The van der Waals surface area contributed by atoms with Gasteiger partial charge in [-0.1, -0.05) is 35.4 Å². The number of nitrogens with zero attached hydrogens (tertiary/aromatic N) is 4. The molecule has 0 saturated heterocycles.